The standard InChI is InChI=1S/C10H23NOS/c1-9(2)13(12)7-5-6-10(3,4)8-11/h9H,5-8,11H2,1-4H3. The molecule has 1 unspecified atom stereocenters. The first-order valence-corrected chi connectivity index (χ1v) is 6.34. The molecular weight excluding hydrogens is 182 g/mol. The van der Waals surface area contributed by atoms with Crippen molar-refractivity contribution in [2.24, 2.45) is 11.1 Å². The summed E-state index contributed by atoms with van der Waals surface area (Å²) in [5.41, 5.74) is 5.82. The molecule has 0 radical (unpaired) electrons. The Morgan fingerprint density at radius 2 is 1.92 bits per heavy atom. The molecule has 3 heteroatoms. The molecule has 0 aliphatic heterocycles. The highest BCUT2D eigenvalue weighted by Gasteiger charge is 2.15. The van der Waals surface area contributed by atoms with Gasteiger partial charge in [-0.15, -0.1) is 0 Å². The molecule has 0 amide bonds. The Morgan fingerprint density at radius 3 is 2.31 bits per heavy atom. The van der Waals surface area contributed by atoms with Crippen molar-refractivity contribution in [2.45, 2.75) is 45.8 Å². The van der Waals surface area contributed by atoms with Crippen LogP contribution in [0.25, 0.3) is 0 Å². The molecular formula is C10H23NOS. The smallest absolute Gasteiger partial charge is 0.0291 e. The summed E-state index contributed by atoms with van der Waals surface area (Å²) < 4.78 is 11.4. The third-order valence-corrected chi connectivity index (χ3v) is 4.02. The van der Waals surface area contributed by atoms with Crippen molar-refractivity contribution >= 4 is 10.8 Å². The van der Waals surface area contributed by atoms with E-state index in [0.717, 1.165) is 18.6 Å². The van der Waals surface area contributed by atoms with Crippen LogP contribution in [0.3, 0.4) is 0 Å². The lowest BCUT2D eigenvalue weighted by Gasteiger charge is -2.21. The van der Waals surface area contributed by atoms with E-state index in [9.17, 15) is 4.21 Å². The molecule has 0 rings (SSSR count). The predicted octanol–water partition coefficient (Wildman–Crippen LogP) is 1.91. The van der Waals surface area contributed by atoms with Crippen LogP contribution in [0.5, 0.6) is 0 Å². The lowest BCUT2D eigenvalue weighted by atomic mass is 9.88. The molecule has 0 aromatic rings. The molecule has 0 fully saturated rings. The molecule has 0 spiro atoms. The zero-order valence-corrected chi connectivity index (χ0v) is 10.1. The van der Waals surface area contributed by atoms with Crippen LogP contribution in [0, 0.1) is 5.41 Å². The first-order chi connectivity index (χ1) is 5.89. The molecule has 0 heterocycles. The fourth-order valence-electron chi connectivity index (χ4n) is 1.03. The molecule has 0 aliphatic carbocycles. The van der Waals surface area contributed by atoms with Gasteiger partial charge in [0.1, 0.15) is 0 Å². The third kappa shape index (κ3) is 6.22. The normalized spacial score (nSPS) is 14.9. The van der Waals surface area contributed by atoms with Crippen molar-refractivity contribution in [3.05, 3.63) is 0 Å². The number of hydrogen-bond acceptors (Lipinski definition) is 2. The minimum absolute atomic E-state index is 0.210. The van der Waals surface area contributed by atoms with Gasteiger partial charge in [0, 0.05) is 21.8 Å². The zero-order chi connectivity index (χ0) is 10.5. The highest BCUT2D eigenvalue weighted by atomic mass is 32.2. The van der Waals surface area contributed by atoms with E-state index >= 15 is 0 Å². The minimum Gasteiger partial charge on any atom is -0.330 e. The molecule has 0 aromatic carbocycles. The maximum absolute atomic E-state index is 11.4. The summed E-state index contributed by atoms with van der Waals surface area (Å²) in [5.74, 6) is 0.821. The highest BCUT2D eigenvalue weighted by Crippen LogP contribution is 2.20. The SMILES string of the molecule is CC(C)S(=O)CCCC(C)(C)CN. The molecule has 0 aromatic heterocycles. The van der Waals surface area contributed by atoms with E-state index in [0.29, 0.717) is 11.8 Å². The van der Waals surface area contributed by atoms with Gasteiger partial charge in [0.15, 0.2) is 0 Å². The number of hydrogen-bond donors (Lipinski definition) is 1. The summed E-state index contributed by atoms with van der Waals surface area (Å²) in [7, 11) is -0.649. The summed E-state index contributed by atoms with van der Waals surface area (Å²) in [6.45, 7) is 9.03. The second-order valence-electron chi connectivity index (χ2n) is 4.61. The van der Waals surface area contributed by atoms with Crippen LogP contribution in [0.2, 0.25) is 0 Å². The van der Waals surface area contributed by atoms with Gasteiger partial charge in [-0.3, -0.25) is 4.21 Å². The van der Waals surface area contributed by atoms with Crippen molar-refractivity contribution in [1.82, 2.24) is 0 Å². The zero-order valence-electron chi connectivity index (χ0n) is 9.30. The molecule has 0 bridgehead atoms. The van der Waals surface area contributed by atoms with E-state index in [2.05, 4.69) is 13.8 Å². The van der Waals surface area contributed by atoms with E-state index in [4.69, 9.17) is 5.73 Å². The summed E-state index contributed by atoms with van der Waals surface area (Å²) >= 11 is 0. The van der Waals surface area contributed by atoms with Crippen LogP contribution < -0.4 is 5.73 Å². The van der Waals surface area contributed by atoms with Crippen LogP contribution in [0.4, 0.5) is 0 Å². The molecule has 1 atom stereocenters. The van der Waals surface area contributed by atoms with Gasteiger partial charge >= 0.3 is 0 Å². The average Bonchev–Trinajstić information content (AvgIpc) is 2.04. The van der Waals surface area contributed by atoms with Crippen LogP contribution in [0.1, 0.15) is 40.5 Å². The van der Waals surface area contributed by atoms with E-state index in [1.165, 1.54) is 0 Å². The summed E-state index contributed by atoms with van der Waals surface area (Å²) in [6.07, 6.45) is 2.09. The van der Waals surface area contributed by atoms with Gasteiger partial charge in [-0.05, 0) is 24.8 Å². The van der Waals surface area contributed by atoms with Crippen molar-refractivity contribution in [2.75, 3.05) is 12.3 Å². The second-order valence-corrected chi connectivity index (χ2v) is 6.72. The molecule has 80 valence electrons. The van der Waals surface area contributed by atoms with Gasteiger partial charge in [-0.25, -0.2) is 0 Å². The van der Waals surface area contributed by atoms with E-state index in [-0.39, 0.29) is 5.41 Å². The van der Waals surface area contributed by atoms with E-state index < -0.39 is 10.8 Å². The van der Waals surface area contributed by atoms with Gasteiger partial charge in [0.05, 0.1) is 0 Å². The Hall–Kier alpha value is 0.110. The Kier molecular flexibility index (Phi) is 5.81. The summed E-state index contributed by atoms with van der Waals surface area (Å²) in [5, 5.41) is 0.293. The monoisotopic (exact) mass is 205 g/mol. The largest absolute Gasteiger partial charge is 0.330 e. The van der Waals surface area contributed by atoms with Crippen molar-refractivity contribution < 1.29 is 4.21 Å². The lowest BCUT2D eigenvalue weighted by molar-refractivity contribution is 0.344. The van der Waals surface area contributed by atoms with Crippen LogP contribution in [-0.2, 0) is 10.8 Å². The lowest BCUT2D eigenvalue weighted by Crippen LogP contribution is -2.24. The highest BCUT2D eigenvalue weighted by molar-refractivity contribution is 7.85. The van der Waals surface area contributed by atoms with E-state index in [1.54, 1.807) is 0 Å². The third-order valence-electron chi connectivity index (χ3n) is 2.28. The Labute approximate surface area is 84.7 Å². The maximum Gasteiger partial charge on any atom is 0.0291 e. The quantitative estimate of drug-likeness (QED) is 0.720. The van der Waals surface area contributed by atoms with E-state index in [1.807, 2.05) is 13.8 Å². The van der Waals surface area contributed by atoms with Crippen molar-refractivity contribution in [1.29, 1.82) is 0 Å². The van der Waals surface area contributed by atoms with Crippen LogP contribution in [0.15, 0.2) is 0 Å². The van der Waals surface area contributed by atoms with Gasteiger partial charge in [-0.2, -0.15) is 0 Å². The van der Waals surface area contributed by atoms with Gasteiger partial charge in [0.2, 0.25) is 0 Å². The van der Waals surface area contributed by atoms with Gasteiger partial charge in [0.25, 0.3) is 0 Å². The summed E-state index contributed by atoms with van der Waals surface area (Å²) in [4.78, 5) is 0. The second kappa shape index (κ2) is 5.76. The molecule has 0 aliphatic rings. The minimum atomic E-state index is -0.649. The fourth-order valence-corrected chi connectivity index (χ4v) is 1.93. The summed E-state index contributed by atoms with van der Waals surface area (Å²) in [6, 6.07) is 0. The fraction of sp³-hybridized carbons (Fsp3) is 1.00. The topological polar surface area (TPSA) is 43.1 Å². The predicted molar refractivity (Wildman–Crippen MR) is 60.2 cm³/mol. The molecule has 13 heavy (non-hydrogen) atoms. The van der Waals surface area contributed by atoms with Crippen LogP contribution >= 0.6 is 0 Å². The molecule has 0 saturated carbocycles. The Balaban J connectivity index is 3.62. The number of nitrogens with two attached hydrogens (primary N) is 1. The first-order valence-electron chi connectivity index (χ1n) is 4.96. The van der Waals surface area contributed by atoms with Gasteiger partial charge < -0.3 is 5.73 Å². The van der Waals surface area contributed by atoms with Crippen LogP contribution in [-0.4, -0.2) is 21.8 Å². The van der Waals surface area contributed by atoms with Crippen molar-refractivity contribution in [3.63, 3.8) is 0 Å². The Morgan fingerprint density at radius 1 is 1.38 bits per heavy atom. The first kappa shape index (κ1) is 13.1. The molecule has 2 nitrogen and oxygen atoms in total. The molecule has 2 N–H and O–H groups in total. The van der Waals surface area contributed by atoms with Gasteiger partial charge in [-0.1, -0.05) is 27.7 Å². The number of rotatable bonds is 6. The maximum atomic E-state index is 11.4. The molecule has 0 saturated heterocycles. The van der Waals surface area contributed by atoms with Crippen molar-refractivity contribution in [3.8, 4) is 0 Å². The Bertz CT molecular complexity index is 166. The average molecular weight is 205 g/mol.